The van der Waals surface area contributed by atoms with Crippen LogP contribution < -0.4 is 0 Å². The second-order valence-corrected chi connectivity index (χ2v) is 4.26. The van der Waals surface area contributed by atoms with Crippen LogP contribution in [0.15, 0.2) is 18.2 Å². The zero-order valence-electron chi connectivity index (χ0n) is 8.85. The highest BCUT2D eigenvalue weighted by molar-refractivity contribution is 5.83. The summed E-state index contributed by atoms with van der Waals surface area (Å²) in [6, 6.07) is 5.36. The van der Waals surface area contributed by atoms with Gasteiger partial charge in [0.25, 0.3) is 0 Å². The Kier molecular flexibility index (Phi) is 2.60. The zero-order valence-corrected chi connectivity index (χ0v) is 8.85. The lowest BCUT2D eigenvalue weighted by molar-refractivity contribution is -0.152. The number of nitriles is 1. The Bertz CT molecular complexity index is 515. The van der Waals surface area contributed by atoms with E-state index in [9.17, 15) is 19.4 Å². The predicted molar refractivity (Wildman–Crippen MR) is 55.7 cm³/mol. The minimum absolute atomic E-state index is 0.0961. The van der Waals surface area contributed by atoms with Crippen LogP contribution in [0.1, 0.15) is 24.0 Å². The fourth-order valence-electron chi connectivity index (χ4n) is 2.19. The molecule has 0 aliphatic heterocycles. The average Bonchev–Trinajstić information content (AvgIpc) is 2.25. The van der Waals surface area contributed by atoms with Crippen molar-refractivity contribution >= 4 is 5.97 Å². The number of carboxylic acid groups (broad SMARTS) is 1. The number of aliphatic hydroxyl groups is 1. The van der Waals surface area contributed by atoms with Crippen LogP contribution in [0.4, 0.5) is 4.39 Å². The fourth-order valence-corrected chi connectivity index (χ4v) is 2.19. The Morgan fingerprint density at radius 3 is 2.65 bits per heavy atom. The fraction of sp³-hybridized carbons (Fsp3) is 0.333. The number of halogens is 1. The van der Waals surface area contributed by atoms with Crippen molar-refractivity contribution in [3.63, 3.8) is 0 Å². The van der Waals surface area contributed by atoms with Crippen LogP contribution in [-0.2, 0) is 10.2 Å². The molecule has 1 aliphatic rings. The van der Waals surface area contributed by atoms with Gasteiger partial charge in [-0.1, -0.05) is 6.07 Å². The molecule has 0 unspecified atom stereocenters. The number of carboxylic acids is 1. The van der Waals surface area contributed by atoms with Gasteiger partial charge in [-0.15, -0.1) is 0 Å². The molecule has 1 aromatic carbocycles. The molecule has 2 rings (SSSR count). The molecule has 1 fully saturated rings. The van der Waals surface area contributed by atoms with Crippen LogP contribution in [-0.4, -0.2) is 22.3 Å². The van der Waals surface area contributed by atoms with E-state index in [1.165, 1.54) is 12.1 Å². The van der Waals surface area contributed by atoms with Crippen molar-refractivity contribution in [3.05, 3.63) is 35.1 Å². The first-order chi connectivity index (χ1) is 7.99. The van der Waals surface area contributed by atoms with Crippen LogP contribution in [0.2, 0.25) is 0 Å². The van der Waals surface area contributed by atoms with Crippen LogP contribution in [0, 0.1) is 17.1 Å². The lowest BCUT2D eigenvalue weighted by Crippen LogP contribution is -2.50. The zero-order chi connectivity index (χ0) is 12.6. The van der Waals surface area contributed by atoms with Crippen LogP contribution in [0.3, 0.4) is 0 Å². The van der Waals surface area contributed by atoms with Crippen molar-refractivity contribution in [2.24, 2.45) is 0 Å². The maximum Gasteiger partial charge on any atom is 0.314 e. The minimum Gasteiger partial charge on any atom is -0.481 e. The molecule has 1 aliphatic carbocycles. The highest BCUT2D eigenvalue weighted by atomic mass is 19.1. The van der Waals surface area contributed by atoms with E-state index in [0.717, 1.165) is 6.07 Å². The molecule has 2 N–H and O–H groups in total. The van der Waals surface area contributed by atoms with Gasteiger partial charge >= 0.3 is 5.97 Å². The number of benzene rings is 1. The topological polar surface area (TPSA) is 81.3 Å². The number of rotatable bonds is 2. The normalized spacial score (nSPS) is 27.0. The van der Waals surface area contributed by atoms with Gasteiger partial charge in [-0.3, -0.25) is 4.79 Å². The highest BCUT2D eigenvalue weighted by Crippen LogP contribution is 2.44. The Morgan fingerprint density at radius 2 is 2.18 bits per heavy atom. The van der Waals surface area contributed by atoms with Crippen molar-refractivity contribution in [1.82, 2.24) is 0 Å². The summed E-state index contributed by atoms with van der Waals surface area (Å²) in [6.45, 7) is 0. The molecule has 1 saturated carbocycles. The number of nitrogens with zero attached hydrogens (tertiary/aromatic N) is 1. The Labute approximate surface area is 96.9 Å². The van der Waals surface area contributed by atoms with Gasteiger partial charge in [-0.25, -0.2) is 4.39 Å². The van der Waals surface area contributed by atoms with Gasteiger partial charge in [-0.2, -0.15) is 5.26 Å². The second kappa shape index (κ2) is 3.82. The average molecular weight is 235 g/mol. The molecule has 0 atom stereocenters. The number of hydrogen-bond acceptors (Lipinski definition) is 3. The number of aliphatic carboxylic acids is 1. The first-order valence-corrected chi connectivity index (χ1v) is 5.11. The van der Waals surface area contributed by atoms with Gasteiger partial charge in [0, 0.05) is 0 Å². The smallest absolute Gasteiger partial charge is 0.314 e. The van der Waals surface area contributed by atoms with Crippen molar-refractivity contribution < 1.29 is 19.4 Å². The Hall–Kier alpha value is -1.93. The predicted octanol–water partition coefficient (Wildman–Crippen LogP) is 1.17. The second-order valence-electron chi connectivity index (χ2n) is 4.26. The van der Waals surface area contributed by atoms with Gasteiger partial charge in [0.05, 0.1) is 17.1 Å². The quantitative estimate of drug-likeness (QED) is 0.806. The Morgan fingerprint density at radius 1 is 1.53 bits per heavy atom. The SMILES string of the molecule is N#Cc1cc(C2(C(=O)O)CC(O)C2)ccc1F. The van der Waals surface area contributed by atoms with Gasteiger partial charge in [0.1, 0.15) is 11.9 Å². The summed E-state index contributed by atoms with van der Waals surface area (Å²) < 4.78 is 13.1. The van der Waals surface area contributed by atoms with Crippen molar-refractivity contribution in [2.75, 3.05) is 0 Å². The van der Waals surface area contributed by atoms with Crippen LogP contribution in [0.25, 0.3) is 0 Å². The molecule has 17 heavy (non-hydrogen) atoms. The molecule has 0 bridgehead atoms. The van der Waals surface area contributed by atoms with E-state index in [0.29, 0.717) is 5.56 Å². The van der Waals surface area contributed by atoms with E-state index in [-0.39, 0.29) is 18.4 Å². The summed E-state index contributed by atoms with van der Waals surface area (Å²) in [5.41, 5.74) is -0.989. The van der Waals surface area contributed by atoms with Gasteiger partial charge in [0.2, 0.25) is 0 Å². The lowest BCUT2D eigenvalue weighted by Gasteiger charge is -2.42. The standard InChI is InChI=1S/C12H10FNO3/c13-10-2-1-8(3-7(10)6-14)12(11(16)17)4-9(15)5-12/h1-3,9,15H,4-5H2,(H,16,17). The monoisotopic (exact) mass is 235 g/mol. The summed E-state index contributed by atoms with van der Waals surface area (Å²) in [5.74, 6) is -1.73. The van der Waals surface area contributed by atoms with Gasteiger partial charge in [-0.05, 0) is 30.5 Å². The summed E-state index contributed by atoms with van der Waals surface area (Å²) in [6.07, 6.45) is -0.459. The molecular weight excluding hydrogens is 225 g/mol. The molecule has 0 radical (unpaired) electrons. The Balaban J connectivity index is 2.46. The molecule has 4 nitrogen and oxygen atoms in total. The maximum absolute atomic E-state index is 13.1. The summed E-state index contributed by atoms with van der Waals surface area (Å²) in [7, 11) is 0. The van der Waals surface area contributed by atoms with Crippen molar-refractivity contribution in [2.45, 2.75) is 24.4 Å². The lowest BCUT2D eigenvalue weighted by atomic mass is 9.62. The first kappa shape index (κ1) is 11.6. The molecular formula is C12H10FNO3. The molecule has 0 amide bonds. The molecule has 0 saturated heterocycles. The molecule has 1 aromatic rings. The van der Waals surface area contributed by atoms with E-state index < -0.39 is 23.3 Å². The van der Waals surface area contributed by atoms with Crippen molar-refractivity contribution in [3.8, 4) is 6.07 Å². The highest BCUT2D eigenvalue weighted by Gasteiger charge is 2.51. The molecule has 5 heteroatoms. The van der Waals surface area contributed by atoms with E-state index in [1.54, 1.807) is 6.07 Å². The van der Waals surface area contributed by atoms with E-state index in [1.807, 2.05) is 0 Å². The minimum atomic E-state index is -1.18. The van der Waals surface area contributed by atoms with E-state index >= 15 is 0 Å². The summed E-state index contributed by atoms with van der Waals surface area (Å²) in [4.78, 5) is 11.2. The maximum atomic E-state index is 13.1. The number of carbonyl (C=O) groups is 1. The van der Waals surface area contributed by atoms with E-state index in [2.05, 4.69) is 0 Å². The largest absolute Gasteiger partial charge is 0.481 e. The molecule has 88 valence electrons. The third-order valence-corrected chi connectivity index (χ3v) is 3.22. The third-order valence-electron chi connectivity index (χ3n) is 3.22. The molecule has 0 aromatic heterocycles. The third kappa shape index (κ3) is 1.67. The summed E-state index contributed by atoms with van der Waals surface area (Å²) in [5, 5.41) is 27.2. The molecule has 0 spiro atoms. The number of hydrogen-bond donors (Lipinski definition) is 2. The van der Waals surface area contributed by atoms with Crippen molar-refractivity contribution in [1.29, 1.82) is 5.26 Å². The molecule has 0 heterocycles. The number of aliphatic hydroxyl groups excluding tert-OH is 1. The van der Waals surface area contributed by atoms with E-state index in [4.69, 9.17) is 5.26 Å². The first-order valence-electron chi connectivity index (χ1n) is 5.11. The van der Waals surface area contributed by atoms with Crippen LogP contribution >= 0.6 is 0 Å². The van der Waals surface area contributed by atoms with Gasteiger partial charge in [0.15, 0.2) is 0 Å². The van der Waals surface area contributed by atoms with Crippen LogP contribution in [0.5, 0.6) is 0 Å². The van der Waals surface area contributed by atoms with Gasteiger partial charge < -0.3 is 10.2 Å². The summed E-state index contributed by atoms with van der Waals surface area (Å²) >= 11 is 0.